The van der Waals surface area contributed by atoms with Gasteiger partial charge in [-0.05, 0) is 31.4 Å². The first kappa shape index (κ1) is 25.6. The zero-order chi connectivity index (χ0) is 27.0. The Kier molecular flexibility index (Phi) is 6.86. The molecule has 1 aliphatic heterocycles. The molecule has 11 heteroatoms. The number of hydrogen-bond acceptors (Lipinski definition) is 8. The van der Waals surface area contributed by atoms with E-state index in [1.165, 1.54) is 44.2 Å². The van der Waals surface area contributed by atoms with Crippen LogP contribution in [0.2, 0.25) is 0 Å². The lowest BCUT2D eigenvalue weighted by atomic mass is 9.88. The van der Waals surface area contributed by atoms with Crippen molar-refractivity contribution in [2.45, 2.75) is 50.4 Å². The molecule has 1 fully saturated rings. The van der Waals surface area contributed by atoms with Crippen molar-refractivity contribution >= 4 is 0 Å². The quantitative estimate of drug-likeness (QED) is 0.305. The second-order valence-electron chi connectivity index (χ2n) is 10.0. The molecule has 8 nitrogen and oxygen atoms in total. The Hall–Kier alpha value is -3.70. The lowest BCUT2D eigenvalue weighted by Gasteiger charge is -2.33. The van der Waals surface area contributed by atoms with Crippen molar-refractivity contribution in [3.8, 4) is 40.0 Å². The monoisotopic (exact) mass is 540 g/mol. The van der Waals surface area contributed by atoms with Crippen molar-refractivity contribution in [3.63, 3.8) is 0 Å². The number of nitrogens with one attached hydrogen (secondary N) is 1. The van der Waals surface area contributed by atoms with E-state index >= 15 is 0 Å². The molecule has 0 bridgehead atoms. The van der Waals surface area contributed by atoms with E-state index in [4.69, 9.17) is 13.8 Å². The molecule has 2 aromatic carbocycles. The van der Waals surface area contributed by atoms with Crippen LogP contribution in [0.15, 0.2) is 57.6 Å². The van der Waals surface area contributed by atoms with Gasteiger partial charge < -0.3 is 24.2 Å². The minimum absolute atomic E-state index is 0.0502. The van der Waals surface area contributed by atoms with Gasteiger partial charge in [-0.25, -0.2) is 0 Å². The summed E-state index contributed by atoms with van der Waals surface area (Å²) in [4.78, 5) is 4.15. The summed E-state index contributed by atoms with van der Waals surface area (Å²) in [6.45, 7) is 1.13. The van der Waals surface area contributed by atoms with E-state index in [9.17, 15) is 18.3 Å². The van der Waals surface area contributed by atoms with Crippen molar-refractivity contribution < 1.29 is 32.1 Å². The van der Waals surface area contributed by atoms with Crippen LogP contribution in [0.5, 0.6) is 5.75 Å². The van der Waals surface area contributed by atoms with Gasteiger partial charge in [-0.3, -0.25) is 0 Å². The number of aliphatic hydroxyl groups is 1. The van der Waals surface area contributed by atoms with Gasteiger partial charge in [0.05, 0.1) is 6.04 Å². The third-order valence-electron chi connectivity index (χ3n) is 7.43. The molecule has 0 unspecified atom stereocenters. The first-order valence-electron chi connectivity index (χ1n) is 13.0. The van der Waals surface area contributed by atoms with Gasteiger partial charge in [0.25, 0.3) is 5.89 Å². The average Bonchev–Trinajstić information content (AvgIpc) is 3.62. The highest BCUT2D eigenvalue weighted by atomic mass is 19.4. The molecule has 6 rings (SSSR count). The number of fused-ring (bicyclic) bond motifs is 1. The summed E-state index contributed by atoms with van der Waals surface area (Å²) in [6, 6.07) is 12.7. The molecule has 1 aliphatic carbocycles. The number of benzene rings is 2. The minimum atomic E-state index is -4.77. The van der Waals surface area contributed by atoms with Gasteiger partial charge in [0.2, 0.25) is 11.6 Å². The highest BCUT2D eigenvalue weighted by molar-refractivity contribution is 5.71. The molecule has 0 spiro atoms. The fraction of sp³-hybridized carbons (Fsp3) is 0.393. The van der Waals surface area contributed by atoms with E-state index in [2.05, 4.69) is 20.6 Å². The zero-order valence-electron chi connectivity index (χ0n) is 20.9. The summed E-state index contributed by atoms with van der Waals surface area (Å²) in [6.07, 6.45) is 0.674. The Labute approximate surface area is 222 Å². The average molecular weight is 541 g/mol. The van der Waals surface area contributed by atoms with E-state index in [1.807, 2.05) is 0 Å². The normalized spacial score (nSPS) is 20.0. The fourth-order valence-corrected chi connectivity index (χ4v) is 5.34. The maximum absolute atomic E-state index is 14.0. The van der Waals surface area contributed by atoms with Gasteiger partial charge in [0.15, 0.2) is 0 Å². The first-order chi connectivity index (χ1) is 18.9. The van der Waals surface area contributed by atoms with Gasteiger partial charge in [0.1, 0.15) is 29.7 Å². The highest BCUT2D eigenvalue weighted by Gasteiger charge is 2.43. The van der Waals surface area contributed by atoms with Crippen LogP contribution in [-0.4, -0.2) is 39.6 Å². The third kappa shape index (κ3) is 5.16. The Morgan fingerprint density at radius 1 is 0.949 bits per heavy atom. The molecular formula is C28H27F3N4O4. The van der Waals surface area contributed by atoms with Crippen molar-refractivity contribution in [2.75, 3.05) is 13.2 Å². The maximum atomic E-state index is 14.0. The van der Waals surface area contributed by atoms with Gasteiger partial charge in [0, 0.05) is 16.7 Å². The number of hydrogen-bond donors (Lipinski definition) is 2. The Bertz CT molecular complexity index is 1430. The zero-order valence-corrected chi connectivity index (χ0v) is 20.9. The fourth-order valence-electron chi connectivity index (χ4n) is 5.34. The third-order valence-corrected chi connectivity index (χ3v) is 7.43. The standard InChI is InChI=1S/C28H27F3N4O4/c29-28(30,31)22-23(17-9-5-2-6-10-17)34-38-25(22)27-33-26(35-39-27)18-11-12-19-21(13-18)37-15-20(24(19)36)32-14-16-7-3-1-4-8-16/h2,5-6,9-13,16,20,24,32,36H,1,3-4,7-8,14-15H2/t20-,24-/m1/s1. The van der Waals surface area contributed by atoms with E-state index in [1.54, 1.807) is 36.4 Å². The molecule has 3 heterocycles. The lowest BCUT2D eigenvalue weighted by molar-refractivity contribution is -0.136. The summed E-state index contributed by atoms with van der Waals surface area (Å²) >= 11 is 0. The van der Waals surface area contributed by atoms with Gasteiger partial charge in [-0.1, -0.05) is 72.0 Å². The molecular weight excluding hydrogens is 513 g/mol. The van der Waals surface area contributed by atoms with Gasteiger partial charge in [-0.15, -0.1) is 0 Å². The summed E-state index contributed by atoms with van der Waals surface area (Å²) < 4.78 is 58.2. The molecule has 0 saturated heterocycles. The number of ether oxygens (including phenoxy) is 1. The number of aliphatic hydroxyl groups excluding tert-OH is 1. The van der Waals surface area contributed by atoms with Crippen LogP contribution < -0.4 is 10.1 Å². The molecule has 2 N–H and O–H groups in total. The predicted octanol–water partition coefficient (Wildman–Crippen LogP) is 6.04. The number of halogens is 3. The van der Waals surface area contributed by atoms with Gasteiger partial charge in [-0.2, -0.15) is 18.2 Å². The molecule has 4 aromatic rings. The molecule has 0 radical (unpaired) electrons. The maximum Gasteiger partial charge on any atom is 0.422 e. The first-order valence-corrected chi connectivity index (χ1v) is 13.0. The number of rotatable bonds is 6. The highest BCUT2D eigenvalue weighted by Crippen LogP contribution is 2.43. The van der Waals surface area contributed by atoms with Crippen LogP contribution in [0.3, 0.4) is 0 Å². The van der Waals surface area contributed by atoms with Crippen LogP contribution in [0.4, 0.5) is 13.2 Å². The van der Waals surface area contributed by atoms with E-state index in [-0.39, 0.29) is 29.7 Å². The van der Waals surface area contributed by atoms with Crippen LogP contribution >= 0.6 is 0 Å². The van der Waals surface area contributed by atoms with Crippen LogP contribution in [0, 0.1) is 5.92 Å². The Balaban J connectivity index is 1.22. The second-order valence-corrected chi connectivity index (χ2v) is 10.0. The second kappa shape index (κ2) is 10.5. The predicted molar refractivity (Wildman–Crippen MR) is 134 cm³/mol. The molecule has 2 atom stereocenters. The molecule has 204 valence electrons. The minimum Gasteiger partial charge on any atom is -0.491 e. The van der Waals surface area contributed by atoms with Crippen molar-refractivity contribution in [2.24, 2.45) is 5.92 Å². The van der Waals surface area contributed by atoms with E-state index < -0.39 is 29.5 Å². The van der Waals surface area contributed by atoms with Gasteiger partial charge >= 0.3 is 6.18 Å². The van der Waals surface area contributed by atoms with Crippen LogP contribution in [0.25, 0.3) is 34.3 Å². The SMILES string of the molecule is O[C@@H]1c2ccc(-c3noc(-c4onc(-c5ccccc5)c4C(F)(F)F)n3)cc2OC[C@H]1NCC1CCCCC1. The summed E-state index contributed by atoms with van der Waals surface area (Å²) in [5, 5.41) is 21.9. The Morgan fingerprint density at radius 3 is 2.51 bits per heavy atom. The Morgan fingerprint density at radius 2 is 1.74 bits per heavy atom. The number of aromatic nitrogens is 3. The molecule has 2 aliphatic rings. The summed E-state index contributed by atoms with van der Waals surface area (Å²) in [5.74, 6) is 0.0285. The summed E-state index contributed by atoms with van der Waals surface area (Å²) in [5.41, 5.74) is -0.123. The van der Waals surface area contributed by atoms with Crippen molar-refractivity contribution in [3.05, 3.63) is 59.7 Å². The van der Waals surface area contributed by atoms with Crippen molar-refractivity contribution in [1.82, 2.24) is 20.6 Å². The van der Waals surface area contributed by atoms with E-state index in [0.29, 0.717) is 22.8 Å². The number of alkyl halides is 3. The molecule has 2 aromatic heterocycles. The van der Waals surface area contributed by atoms with Crippen LogP contribution in [0.1, 0.15) is 49.3 Å². The smallest absolute Gasteiger partial charge is 0.422 e. The molecule has 0 amide bonds. The largest absolute Gasteiger partial charge is 0.491 e. The molecule has 39 heavy (non-hydrogen) atoms. The molecule has 1 saturated carbocycles. The summed E-state index contributed by atoms with van der Waals surface area (Å²) in [7, 11) is 0. The van der Waals surface area contributed by atoms with Crippen molar-refractivity contribution in [1.29, 1.82) is 0 Å². The van der Waals surface area contributed by atoms with E-state index in [0.717, 1.165) is 6.54 Å². The van der Waals surface area contributed by atoms with Crippen LogP contribution in [-0.2, 0) is 6.18 Å². The lowest BCUT2D eigenvalue weighted by Crippen LogP contribution is -2.44. The topological polar surface area (TPSA) is 106 Å². The number of nitrogens with zero attached hydrogens (tertiary/aromatic N) is 3.